The third-order valence-electron chi connectivity index (χ3n) is 4.60. The maximum Gasteiger partial charge on any atom is 0.275 e. The molecule has 0 unspecified atom stereocenters. The van der Waals surface area contributed by atoms with Crippen LogP contribution in [0, 0.1) is 0 Å². The lowest BCUT2D eigenvalue weighted by Gasteiger charge is -2.29. The van der Waals surface area contributed by atoms with Crippen LogP contribution in [-0.4, -0.2) is 44.1 Å². The topological polar surface area (TPSA) is 36.8 Å². The fourth-order valence-corrected chi connectivity index (χ4v) is 4.30. The molecular weight excluding hydrogens is 282 g/mol. The van der Waals surface area contributed by atoms with Gasteiger partial charge in [-0.3, -0.25) is 10.2 Å². The van der Waals surface area contributed by atoms with Crippen LogP contribution in [0.2, 0.25) is 0 Å². The summed E-state index contributed by atoms with van der Waals surface area (Å²) in [5.41, 5.74) is 4.51. The van der Waals surface area contributed by atoms with E-state index in [1.54, 1.807) is 16.2 Å². The van der Waals surface area contributed by atoms with Crippen molar-refractivity contribution < 1.29 is 9.69 Å². The van der Waals surface area contributed by atoms with Crippen molar-refractivity contribution >= 4 is 17.2 Å². The predicted molar refractivity (Wildman–Crippen MR) is 85.9 cm³/mol. The van der Waals surface area contributed by atoms with E-state index in [2.05, 4.69) is 23.5 Å². The molecule has 1 aliphatic carbocycles. The lowest BCUT2D eigenvalue weighted by Crippen LogP contribution is -3.12. The minimum Gasteiger partial charge on any atom is -0.335 e. The Labute approximate surface area is 131 Å². The summed E-state index contributed by atoms with van der Waals surface area (Å²) in [5.74, 6) is 0.0892. The van der Waals surface area contributed by atoms with Gasteiger partial charge in [0.05, 0.1) is 38.1 Å². The summed E-state index contributed by atoms with van der Waals surface area (Å²) in [6.07, 6.45) is 7.52. The molecular formula is C16H26N3OS+. The highest BCUT2D eigenvalue weighted by atomic mass is 32.1. The van der Waals surface area contributed by atoms with Crippen molar-refractivity contribution in [1.82, 2.24) is 10.4 Å². The number of carbonyl (C=O) groups is 1. The maximum absolute atomic E-state index is 12.4. The van der Waals surface area contributed by atoms with Gasteiger partial charge in [-0.15, -0.1) is 11.3 Å². The van der Waals surface area contributed by atoms with Crippen LogP contribution in [0.25, 0.3) is 0 Å². The second-order valence-corrected chi connectivity index (χ2v) is 7.50. The van der Waals surface area contributed by atoms with Crippen LogP contribution in [-0.2, 0) is 12.8 Å². The van der Waals surface area contributed by atoms with E-state index in [0.29, 0.717) is 0 Å². The first-order chi connectivity index (χ1) is 10.2. The van der Waals surface area contributed by atoms with E-state index in [-0.39, 0.29) is 5.91 Å². The molecule has 116 valence electrons. The molecule has 1 aromatic rings. The first-order valence-corrected chi connectivity index (χ1v) is 9.03. The van der Waals surface area contributed by atoms with Crippen LogP contribution >= 0.6 is 11.3 Å². The number of aryl methyl sites for hydroxylation is 2. The Kier molecular flexibility index (Phi) is 4.93. The molecule has 1 fully saturated rings. The minimum absolute atomic E-state index is 0.0892. The molecule has 2 aliphatic rings. The molecule has 1 aromatic heterocycles. The van der Waals surface area contributed by atoms with E-state index in [4.69, 9.17) is 0 Å². The van der Waals surface area contributed by atoms with Crippen LogP contribution in [0.15, 0.2) is 6.07 Å². The summed E-state index contributed by atoms with van der Waals surface area (Å²) in [4.78, 5) is 16.3. The van der Waals surface area contributed by atoms with Gasteiger partial charge in [0.15, 0.2) is 0 Å². The fourth-order valence-electron chi connectivity index (χ4n) is 3.16. The summed E-state index contributed by atoms with van der Waals surface area (Å²) in [7, 11) is 2.21. The van der Waals surface area contributed by atoms with Gasteiger partial charge in [0.2, 0.25) is 0 Å². The molecule has 5 heteroatoms. The van der Waals surface area contributed by atoms with E-state index in [1.807, 2.05) is 0 Å². The van der Waals surface area contributed by atoms with Crippen molar-refractivity contribution in [3.63, 3.8) is 0 Å². The monoisotopic (exact) mass is 308 g/mol. The Morgan fingerprint density at radius 1 is 1.19 bits per heavy atom. The molecule has 4 nitrogen and oxygen atoms in total. The number of rotatable bonds is 2. The van der Waals surface area contributed by atoms with E-state index in [0.717, 1.165) is 43.9 Å². The molecule has 1 saturated heterocycles. The van der Waals surface area contributed by atoms with Gasteiger partial charge in [-0.2, -0.15) is 0 Å². The summed E-state index contributed by atoms with van der Waals surface area (Å²) in [6, 6.07) is 2.14. The van der Waals surface area contributed by atoms with E-state index < -0.39 is 0 Å². The number of nitrogens with zero attached hydrogens (tertiary/aromatic N) is 1. The first kappa shape index (κ1) is 15.0. The molecule has 0 bridgehead atoms. The van der Waals surface area contributed by atoms with Gasteiger partial charge in [-0.25, -0.2) is 5.01 Å². The van der Waals surface area contributed by atoms with Crippen LogP contribution in [0.4, 0.5) is 0 Å². The molecule has 2 N–H and O–H groups in total. The number of likely N-dealkylation sites (N-methyl/N-ethyl adjacent to an activating group) is 1. The lowest BCUT2D eigenvalue weighted by molar-refractivity contribution is -0.884. The number of piperazine rings is 1. The van der Waals surface area contributed by atoms with E-state index in [1.165, 1.54) is 36.1 Å². The molecule has 0 spiro atoms. The molecule has 0 radical (unpaired) electrons. The number of carbonyl (C=O) groups excluding carboxylic acids is 1. The highest BCUT2D eigenvalue weighted by molar-refractivity contribution is 7.14. The average molecular weight is 308 g/mol. The van der Waals surface area contributed by atoms with Crippen LogP contribution in [0.3, 0.4) is 0 Å². The van der Waals surface area contributed by atoms with Gasteiger partial charge in [0.25, 0.3) is 5.91 Å². The van der Waals surface area contributed by atoms with Crippen LogP contribution < -0.4 is 10.3 Å². The van der Waals surface area contributed by atoms with E-state index in [9.17, 15) is 4.79 Å². The number of nitrogens with one attached hydrogen (secondary N) is 2. The predicted octanol–water partition coefficient (Wildman–Crippen LogP) is 0.882. The van der Waals surface area contributed by atoms with Crippen LogP contribution in [0.5, 0.6) is 0 Å². The molecule has 3 rings (SSSR count). The molecule has 1 amide bonds. The van der Waals surface area contributed by atoms with Gasteiger partial charge in [-0.1, -0.05) is 12.8 Å². The third-order valence-corrected chi connectivity index (χ3v) is 5.83. The Bertz CT molecular complexity index is 466. The molecule has 0 aromatic carbocycles. The SMILES string of the molecule is C[NH+]1CCN(NC(=O)c2cc3c(s2)CCCCCC3)CC1. The van der Waals surface area contributed by atoms with Gasteiger partial charge in [0, 0.05) is 4.88 Å². The normalized spacial score (nSPS) is 21.4. The number of hydrazine groups is 1. The van der Waals surface area contributed by atoms with Gasteiger partial charge in [-0.05, 0) is 37.3 Å². The van der Waals surface area contributed by atoms with Crippen molar-refractivity contribution in [3.8, 4) is 0 Å². The van der Waals surface area contributed by atoms with Crippen molar-refractivity contribution in [2.45, 2.75) is 38.5 Å². The first-order valence-electron chi connectivity index (χ1n) is 8.21. The number of fused-ring (bicyclic) bond motifs is 1. The maximum atomic E-state index is 12.4. The second-order valence-electron chi connectivity index (χ2n) is 6.36. The minimum atomic E-state index is 0.0892. The van der Waals surface area contributed by atoms with Crippen molar-refractivity contribution in [1.29, 1.82) is 0 Å². The van der Waals surface area contributed by atoms with Crippen molar-refractivity contribution in [2.75, 3.05) is 33.2 Å². The largest absolute Gasteiger partial charge is 0.335 e. The summed E-state index contributed by atoms with van der Waals surface area (Å²) in [6.45, 7) is 4.09. The standard InChI is InChI=1S/C16H25N3OS/c1-18-8-10-19(11-9-18)17-16(20)15-12-13-6-4-2-3-5-7-14(13)21-15/h12H,2-11H2,1H3,(H,17,20)/p+1. The Morgan fingerprint density at radius 2 is 1.90 bits per heavy atom. The van der Waals surface area contributed by atoms with Gasteiger partial charge < -0.3 is 4.90 Å². The second kappa shape index (κ2) is 6.90. The zero-order chi connectivity index (χ0) is 14.7. The zero-order valence-corrected chi connectivity index (χ0v) is 13.7. The number of hydrogen-bond acceptors (Lipinski definition) is 3. The Morgan fingerprint density at radius 3 is 2.67 bits per heavy atom. The highest BCUT2D eigenvalue weighted by Crippen LogP contribution is 2.28. The molecule has 1 aliphatic heterocycles. The molecule has 0 atom stereocenters. The molecule has 21 heavy (non-hydrogen) atoms. The van der Waals surface area contributed by atoms with Crippen molar-refractivity contribution in [2.24, 2.45) is 0 Å². The Balaban J connectivity index is 1.63. The lowest BCUT2D eigenvalue weighted by atomic mass is 10.00. The fraction of sp³-hybridized carbons (Fsp3) is 0.688. The molecule has 2 heterocycles. The van der Waals surface area contributed by atoms with Crippen molar-refractivity contribution in [3.05, 3.63) is 21.4 Å². The Hall–Kier alpha value is -0.910. The number of thiophene rings is 1. The molecule has 0 saturated carbocycles. The highest BCUT2D eigenvalue weighted by Gasteiger charge is 2.21. The number of quaternary nitrogens is 1. The summed E-state index contributed by atoms with van der Waals surface area (Å²) >= 11 is 1.71. The van der Waals surface area contributed by atoms with Crippen LogP contribution in [0.1, 0.15) is 45.8 Å². The van der Waals surface area contributed by atoms with Gasteiger partial charge >= 0.3 is 0 Å². The number of amides is 1. The summed E-state index contributed by atoms with van der Waals surface area (Å²) in [5, 5.41) is 2.08. The average Bonchev–Trinajstić information content (AvgIpc) is 2.84. The zero-order valence-electron chi connectivity index (χ0n) is 12.9. The number of hydrogen-bond donors (Lipinski definition) is 2. The summed E-state index contributed by atoms with van der Waals surface area (Å²) < 4.78 is 0. The smallest absolute Gasteiger partial charge is 0.275 e. The quantitative estimate of drug-likeness (QED) is 0.851. The van der Waals surface area contributed by atoms with Gasteiger partial charge in [0.1, 0.15) is 0 Å². The van der Waals surface area contributed by atoms with E-state index >= 15 is 0 Å². The third kappa shape index (κ3) is 3.84.